The van der Waals surface area contributed by atoms with Crippen LogP contribution in [0.2, 0.25) is 0 Å². The van der Waals surface area contributed by atoms with E-state index in [0.717, 1.165) is 24.1 Å². The number of nitrogens with zero attached hydrogens (tertiary/aromatic N) is 3. The SMILES string of the molecule is O=C(c1ccc(N2CCCN(Cc3cccc(F)c3)C2=O)cc1)N1CCc2ccccc2C1. The number of carbonyl (C=O) groups excluding carboxylic acids is 2. The van der Waals surface area contributed by atoms with Crippen LogP contribution in [0.25, 0.3) is 0 Å². The number of hydrogen-bond donors (Lipinski definition) is 0. The van der Waals surface area contributed by atoms with Crippen molar-refractivity contribution in [3.05, 3.63) is 101 Å². The van der Waals surface area contributed by atoms with Gasteiger partial charge in [0.25, 0.3) is 5.91 Å². The number of fused-ring (bicyclic) bond motifs is 1. The average Bonchev–Trinajstić information content (AvgIpc) is 2.85. The Kier molecular flexibility index (Phi) is 5.82. The fourth-order valence-electron chi connectivity index (χ4n) is 4.66. The Morgan fingerprint density at radius 3 is 2.45 bits per heavy atom. The van der Waals surface area contributed by atoms with Gasteiger partial charge in [-0.05, 0) is 65.9 Å². The molecule has 0 bridgehead atoms. The van der Waals surface area contributed by atoms with E-state index < -0.39 is 0 Å². The molecule has 5 nitrogen and oxygen atoms in total. The first kappa shape index (κ1) is 21.2. The number of hydrogen-bond acceptors (Lipinski definition) is 2. The van der Waals surface area contributed by atoms with E-state index in [2.05, 4.69) is 12.1 Å². The summed E-state index contributed by atoms with van der Waals surface area (Å²) in [4.78, 5) is 31.5. The molecule has 0 atom stereocenters. The normalized spacial score (nSPS) is 16.0. The van der Waals surface area contributed by atoms with Crippen molar-refractivity contribution >= 4 is 17.6 Å². The minimum atomic E-state index is -0.300. The van der Waals surface area contributed by atoms with Gasteiger partial charge in [0.05, 0.1) is 0 Å². The van der Waals surface area contributed by atoms with Gasteiger partial charge in [-0.3, -0.25) is 9.69 Å². The highest BCUT2D eigenvalue weighted by atomic mass is 19.1. The van der Waals surface area contributed by atoms with E-state index in [0.29, 0.717) is 38.3 Å². The molecule has 6 heteroatoms. The summed E-state index contributed by atoms with van der Waals surface area (Å²) in [5, 5.41) is 0. The molecule has 0 spiro atoms. The predicted octanol–water partition coefficient (Wildman–Crippen LogP) is 4.86. The van der Waals surface area contributed by atoms with Gasteiger partial charge in [0, 0.05) is 44.0 Å². The summed E-state index contributed by atoms with van der Waals surface area (Å²) < 4.78 is 13.5. The second kappa shape index (κ2) is 9.06. The number of rotatable bonds is 4. The third kappa shape index (κ3) is 4.46. The maximum Gasteiger partial charge on any atom is 0.324 e. The van der Waals surface area contributed by atoms with E-state index in [1.54, 1.807) is 28.0 Å². The largest absolute Gasteiger partial charge is 0.334 e. The highest BCUT2D eigenvalue weighted by molar-refractivity contribution is 5.96. The molecule has 5 rings (SSSR count). The Hall–Kier alpha value is -3.67. The van der Waals surface area contributed by atoms with Gasteiger partial charge in [0.1, 0.15) is 5.82 Å². The van der Waals surface area contributed by atoms with E-state index in [9.17, 15) is 14.0 Å². The average molecular weight is 444 g/mol. The summed E-state index contributed by atoms with van der Waals surface area (Å²) in [6, 6.07) is 21.8. The lowest BCUT2D eigenvalue weighted by Gasteiger charge is -2.36. The molecule has 0 aromatic heterocycles. The molecular weight excluding hydrogens is 417 g/mol. The molecule has 0 radical (unpaired) electrons. The number of benzene rings is 3. The zero-order valence-electron chi connectivity index (χ0n) is 18.4. The lowest BCUT2D eigenvalue weighted by Crippen LogP contribution is -2.49. The smallest absolute Gasteiger partial charge is 0.324 e. The summed E-state index contributed by atoms with van der Waals surface area (Å²) in [5.74, 6) is -0.292. The Labute approximate surface area is 193 Å². The van der Waals surface area contributed by atoms with Crippen LogP contribution in [0.5, 0.6) is 0 Å². The maximum atomic E-state index is 13.5. The van der Waals surface area contributed by atoms with Crippen molar-refractivity contribution in [2.75, 3.05) is 24.5 Å². The van der Waals surface area contributed by atoms with Crippen molar-refractivity contribution in [2.45, 2.75) is 25.9 Å². The third-order valence-corrected chi connectivity index (χ3v) is 6.42. The topological polar surface area (TPSA) is 43.9 Å². The van der Waals surface area contributed by atoms with Crippen molar-refractivity contribution < 1.29 is 14.0 Å². The van der Waals surface area contributed by atoms with Crippen LogP contribution < -0.4 is 4.90 Å². The van der Waals surface area contributed by atoms with Gasteiger partial charge < -0.3 is 9.80 Å². The molecule has 0 saturated carbocycles. The van der Waals surface area contributed by atoms with E-state index in [4.69, 9.17) is 0 Å². The van der Waals surface area contributed by atoms with Gasteiger partial charge in [0.15, 0.2) is 0 Å². The zero-order chi connectivity index (χ0) is 22.8. The molecule has 0 N–H and O–H groups in total. The van der Waals surface area contributed by atoms with Crippen molar-refractivity contribution in [3.8, 4) is 0 Å². The van der Waals surface area contributed by atoms with Crippen LogP contribution in [-0.4, -0.2) is 41.4 Å². The van der Waals surface area contributed by atoms with Crippen LogP contribution in [0.4, 0.5) is 14.9 Å². The van der Waals surface area contributed by atoms with Crippen molar-refractivity contribution in [3.63, 3.8) is 0 Å². The molecular formula is C27H26FN3O2. The highest BCUT2D eigenvalue weighted by Crippen LogP contribution is 2.24. The van der Waals surface area contributed by atoms with Gasteiger partial charge in [-0.15, -0.1) is 0 Å². The molecule has 2 heterocycles. The van der Waals surface area contributed by atoms with Gasteiger partial charge in [-0.25, -0.2) is 9.18 Å². The van der Waals surface area contributed by atoms with E-state index in [-0.39, 0.29) is 17.8 Å². The number of urea groups is 1. The van der Waals surface area contributed by atoms with Gasteiger partial charge in [-0.2, -0.15) is 0 Å². The van der Waals surface area contributed by atoms with E-state index >= 15 is 0 Å². The minimum absolute atomic E-state index is 0.00811. The predicted molar refractivity (Wildman–Crippen MR) is 125 cm³/mol. The monoisotopic (exact) mass is 443 g/mol. The third-order valence-electron chi connectivity index (χ3n) is 6.42. The van der Waals surface area contributed by atoms with E-state index in [1.165, 1.54) is 23.3 Å². The molecule has 3 amide bonds. The molecule has 0 unspecified atom stereocenters. The molecule has 2 aliphatic heterocycles. The van der Waals surface area contributed by atoms with Gasteiger partial charge in [0.2, 0.25) is 0 Å². The molecule has 2 aliphatic rings. The van der Waals surface area contributed by atoms with E-state index in [1.807, 2.05) is 35.2 Å². The first-order valence-corrected chi connectivity index (χ1v) is 11.4. The van der Waals surface area contributed by atoms with Crippen molar-refractivity contribution in [1.29, 1.82) is 0 Å². The quantitative estimate of drug-likeness (QED) is 0.578. The highest BCUT2D eigenvalue weighted by Gasteiger charge is 2.27. The van der Waals surface area contributed by atoms with Crippen LogP contribution in [0, 0.1) is 5.82 Å². The van der Waals surface area contributed by atoms with Gasteiger partial charge >= 0.3 is 6.03 Å². The summed E-state index contributed by atoms with van der Waals surface area (Å²) >= 11 is 0. The number of carbonyl (C=O) groups is 2. The summed E-state index contributed by atoms with van der Waals surface area (Å²) in [6.45, 7) is 2.96. The van der Waals surface area contributed by atoms with Gasteiger partial charge in [-0.1, -0.05) is 36.4 Å². The summed E-state index contributed by atoms with van der Waals surface area (Å²) in [5.41, 5.74) is 4.67. The minimum Gasteiger partial charge on any atom is -0.334 e. The Balaban J connectivity index is 1.27. The second-order valence-electron chi connectivity index (χ2n) is 8.63. The maximum absolute atomic E-state index is 13.5. The lowest BCUT2D eigenvalue weighted by molar-refractivity contribution is 0.0734. The number of anilines is 1. The molecule has 3 aromatic rings. The first-order valence-electron chi connectivity index (χ1n) is 11.4. The van der Waals surface area contributed by atoms with Crippen LogP contribution in [-0.2, 0) is 19.5 Å². The molecule has 3 aromatic carbocycles. The summed E-state index contributed by atoms with van der Waals surface area (Å²) in [7, 11) is 0. The molecule has 1 fully saturated rings. The second-order valence-corrected chi connectivity index (χ2v) is 8.63. The Bertz CT molecular complexity index is 1180. The molecule has 33 heavy (non-hydrogen) atoms. The summed E-state index contributed by atoms with van der Waals surface area (Å²) in [6.07, 6.45) is 1.69. The number of halogens is 1. The Morgan fingerprint density at radius 2 is 1.67 bits per heavy atom. The molecule has 1 saturated heterocycles. The lowest BCUT2D eigenvalue weighted by atomic mass is 9.99. The fourth-order valence-corrected chi connectivity index (χ4v) is 4.66. The first-order chi connectivity index (χ1) is 16.1. The van der Waals surface area contributed by atoms with Crippen LogP contribution >= 0.6 is 0 Å². The van der Waals surface area contributed by atoms with Crippen LogP contribution in [0.15, 0.2) is 72.8 Å². The number of amides is 3. The molecule has 168 valence electrons. The van der Waals surface area contributed by atoms with Crippen LogP contribution in [0.1, 0.15) is 33.5 Å². The fraction of sp³-hybridized carbons (Fsp3) is 0.259. The van der Waals surface area contributed by atoms with Crippen molar-refractivity contribution in [1.82, 2.24) is 9.80 Å². The van der Waals surface area contributed by atoms with Crippen molar-refractivity contribution in [2.24, 2.45) is 0 Å². The van der Waals surface area contributed by atoms with Crippen LogP contribution in [0.3, 0.4) is 0 Å². The Morgan fingerprint density at radius 1 is 0.879 bits per heavy atom. The zero-order valence-corrected chi connectivity index (χ0v) is 18.4. The molecule has 0 aliphatic carbocycles. The standard InChI is InChI=1S/C27H26FN3O2/c28-24-8-3-5-20(17-24)18-30-14-4-15-31(27(30)33)25-11-9-22(10-12-25)26(32)29-16-13-21-6-1-2-7-23(21)19-29/h1-3,5-12,17H,4,13-16,18-19H2.